The van der Waals surface area contributed by atoms with Crippen LogP contribution in [0.15, 0.2) is 4.52 Å². The summed E-state index contributed by atoms with van der Waals surface area (Å²) in [5, 5.41) is 3.64. The molecule has 0 unspecified atom stereocenters. The van der Waals surface area contributed by atoms with Gasteiger partial charge in [0.2, 0.25) is 0 Å². The summed E-state index contributed by atoms with van der Waals surface area (Å²) in [7, 11) is -1.56. The SMILES string of the molecule is Cc1noc(C)c1C(=O)OCC(=O)N(C)[C@H]1CCS(=O)(=O)C1. The van der Waals surface area contributed by atoms with Crippen LogP contribution in [0.4, 0.5) is 0 Å². The molecular formula is C13H18N2O6S. The van der Waals surface area contributed by atoms with Crippen LogP contribution in [0, 0.1) is 13.8 Å². The van der Waals surface area contributed by atoms with Gasteiger partial charge in [-0.05, 0) is 20.3 Å². The van der Waals surface area contributed by atoms with E-state index < -0.39 is 28.3 Å². The van der Waals surface area contributed by atoms with E-state index in [0.29, 0.717) is 17.9 Å². The molecule has 0 aliphatic carbocycles. The molecule has 0 saturated carbocycles. The molecule has 1 aromatic rings. The van der Waals surface area contributed by atoms with Gasteiger partial charge in [0.05, 0.1) is 17.2 Å². The van der Waals surface area contributed by atoms with E-state index in [1.807, 2.05) is 0 Å². The highest BCUT2D eigenvalue weighted by Gasteiger charge is 2.33. The topological polar surface area (TPSA) is 107 Å². The quantitative estimate of drug-likeness (QED) is 0.720. The first kappa shape index (κ1) is 16.5. The highest BCUT2D eigenvalue weighted by molar-refractivity contribution is 7.91. The summed E-state index contributed by atoms with van der Waals surface area (Å²) >= 11 is 0. The summed E-state index contributed by atoms with van der Waals surface area (Å²) in [6.07, 6.45) is 0.405. The fourth-order valence-electron chi connectivity index (χ4n) is 2.36. The number of hydrogen-bond donors (Lipinski definition) is 0. The molecule has 1 saturated heterocycles. The molecule has 8 nitrogen and oxygen atoms in total. The monoisotopic (exact) mass is 330 g/mol. The van der Waals surface area contributed by atoms with Crippen molar-refractivity contribution in [1.82, 2.24) is 10.1 Å². The molecule has 1 aliphatic rings. The molecule has 1 aromatic heterocycles. The Balaban J connectivity index is 1.91. The number of aryl methyl sites for hydroxylation is 2. The number of likely N-dealkylation sites (N-methyl/N-ethyl adjacent to an activating group) is 1. The van der Waals surface area contributed by atoms with Gasteiger partial charge in [-0.3, -0.25) is 4.79 Å². The normalized spacial score (nSPS) is 19.9. The summed E-state index contributed by atoms with van der Waals surface area (Å²) < 4.78 is 32.7. The number of ether oxygens (including phenoxy) is 1. The van der Waals surface area contributed by atoms with E-state index in [2.05, 4.69) is 5.16 Å². The Bertz CT molecular complexity index is 674. The summed E-state index contributed by atoms with van der Waals surface area (Å²) in [6.45, 7) is 2.73. The van der Waals surface area contributed by atoms with Crippen molar-refractivity contribution in [1.29, 1.82) is 0 Å². The molecular weight excluding hydrogens is 312 g/mol. The molecule has 1 amide bonds. The minimum Gasteiger partial charge on any atom is -0.452 e. The van der Waals surface area contributed by atoms with Gasteiger partial charge in [0, 0.05) is 13.1 Å². The van der Waals surface area contributed by atoms with Gasteiger partial charge in [0.25, 0.3) is 5.91 Å². The van der Waals surface area contributed by atoms with Crippen molar-refractivity contribution in [3.05, 3.63) is 17.0 Å². The Morgan fingerprint density at radius 1 is 1.41 bits per heavy atom. The minimum absolute atomic E-state index is 0.0486. The second-order valence-electron chi connectivity index (χ2n) is 5.34. The zero-order valence-electron chi connectivity index (χ0n) is 12.7. The van der Waals surface area contributed by atoms with E-state index in [-0.39, 0.29) is 23.1 Å². The third kappa shape index (κ3) is 3.46. The van der Waals surface area contributed by atoms with Crippen molar-refractivity contribution >= 4 is 21.7 Å². The molecule has 0 spiro atoms. The van der Waals surface area contributed by atoms with Crippen molar-refractivity contribution in [2.45, 2.75) is 26.3 Å². The van der Waals surface area contributed by atoms with Crippen molar-refractivity contribution in [3.8, 4) is 0 Å². The van der Waals surface area contributed by atoms with Crippen molar-refractivity contribution < 1.29 is 27.3 Å². The number of carbonyl (C=O) groups is 2. The predicted molar refractivity (Wildman–Crippen MR) is 76.1 cm³/mol. The Hall–Kier alpha value is -1.90. The third-order valence-electron chi connectivity index (χ3n) is 3.71. The van der Waals surface area contributed by atoms with Gasteiger partial charge in [0.1, 0.15) is 11.3 Å². The summed E-state index contributed by atoms with van der Waals surface area (Å²) in [6, 6.07) is -0.365. The van der Waals surface area contributed by atoms with Gasteiger partial charge < -0.3 is 14.2 Å². The van der Waals surface area contributed by atoms with Gasteiger partial charge in [0.15, 0.2) is 16.4 Å². The fourth-order valence-corrected chi connectivity index (χ4v) is 4.13. The molecule has 2 rings (SSSR count). The van der Waals surface area contributed by atoms with E-state index >= 15 is 0 Å². The van der Waals surface area contributed by atoms with Crippen LogP contribution in [0.25, 0.3) is 0 Å². The van der Waals surface area contributed by atoms with Crippen LogP contribution in [0.1, 0.15) is 28.2 Å². The maximum Gasteiger partial charge on any atom is 0.344 e. The number of rotatable bonds is 4. The Labute approximate surface area is 128 Å². The predicted octanol–water partition coefficient (Wildman–Crippen LogP) is 0.0937. The molecule has 122 valence electrons. The largest absolute Gasteiger partial charge is 0.452 e. The molecule has 1 atom stereocenters. The molecule has 1 fully saturated rings. The van der Waals surface area contributed by atoms with Gasteiger partial charge in [-0.25, -0.2) is 13.2 Å². The number of nitrogens with zero attached hydrogens (tertiary/aromatic N) is 2. The molecule has 0 bridgehead atoms. The highest BCUT2D eigenvalue weighted by Crippen LogP contribution is 2.17. The zero-order valence-corrected chi connectivity index (χ0v) is 13.5. The van der Waals surface area contributed by atoms with E-state index in [0.717, 1.165) is 0 Å². The first-order chi connectivity index (χ1) is 10.2. The van der Waals surface area contributed by atoms with E-state index in [9.17, 15) is 18.0 Å². The summed E-state index contributed by atoms with van der Waals surface area (Å²) in [4.78, 5) is 25.2. The Morgan fingerprint density at radius 3 is 2.59 bits per heavy atom. The number of esters is 1. The van der Waals surface area contributed by atoms with Crippen LogP contribution in [-0.2, 0) is 19.4 Å². The van der Waals surface area contributed by atoms with Crippen molar-refractivity contribution in [2.75, 3.05) is 25.2 Å². The summed E-state index contributed by atoms with van der Waals surface area (Å²) in [5.74, 6) is -0.772. The van der Waals surface area contributed by atoms with Crippen molar-refractivity contribution in [2.24, 2.45) is 0 Å². The smallest absolute Gasteiger partial charge is 0.344 e. The molecule has 0 radical (unpaired) electrons. The lowest BCUT2D eigenvalue weighted by Gasteiger charge is -2.23. The van der Waals surface area contributed by atoms with E-state index in [1.165, 1.54) is 11.9 Å². The first-order valence-corrected chi connectivity index (χ1v) is 8.59. The standard InChI is InChI=1S/C13H18N2O6S/c1-8-12(9(2)21-14-8)13(17)20-6-11(16)15(3)10-4-5-22(18,19)7-10/h10H,4-7H2,1-3H3/t10-/m0/s1. The lowest BCUT2D eigenvalue weighted by atomic mass is 10.2. The highest BCUT2D eigenvalue weighted by atomic mass is 32.2. The fraction of sp³-hybridized carbons (Fsp3) is 0.615. The third-order valence-corrected chi connectivity index (χ3v) is 5.46. The van der Waals surface area contributed by atoms with Crippen LogP contribution in [0.3, 0.4) is 0 Å². The second-order valence-corrected chi connectivity index (χ2v) is 7.57. The van der Waals surface area contributed by atoms with Gasteiger partial charge in [-0.1, -0.05) is 5.16 Å². The number of aromatic nitrogens is 1. The maximum absolute atomic E-state index is 12.0. The van der Waals surface area contributed by atoms with Gasteiger partial charge in [-0.2, -0.15) is 0 Å². The molecule has 2 heterocycles. The van der Waals surface area contributed by atoms with Crippen LogP contribution in [-0.4, -0.2) is 61.6 Å². The average molecular weight is 330 g/mol. The first-order valence-electron chi connectivity index (χ1n) is 6.77. The summed E-state index contributed by atoms with van der Waals surface area (Å²) in [5.41, 5.74) is 0.601. The molecule has 1 aliphatic heterocycles. The molecule has 0 N–H and O–H groups in total. The second kappa shape index (κ2) is 6.07. The number of amides is 1. The number of hydrogen-bond acceptors (Lipinski definition) is 7. The van der Waals surface area contributed by atoms with Crippen LogP contribution in [0.5, 0.6) is 0 Å². The number of carbonyl (C=O) groups excluding carboxylic acids is 2. The van der Waals surface area contributed by atoms with E-state index in [1.54, 1.807) is 13.8 Å². The molecule has 22 heavy (non-hydrogen) atoms. The van der Waals surface area contributed by atoms with E-state index in [4.69, 9.17) is 9.26 Å². The maximum atomic E-state index is 12.0. The Kier molecular flexibility index (Phi) is 4.55. The van der Waals surface area contributed by atoms with Crippen LogP contribution < -0.4 is 0 Å². The Morgan fingerprint density at radius 2 is 2.09 bits per heavy atom. The zero-order chi connectivity index (χ0) is 16.5. The van der Waals surface area contributed by atoms with Crippen LogP contribution in [0.2, 0.25) is 0 Å². The van der Waals surface area contributed by atoms with Crippen LogP contribution >= 0.6 is 0 Å². The minimum atomic E-state index is -3.07. The molecule has 9 heteroatoms. The van der Waals surface area contributed by atoms with Crippen molar-refractivity contribution in [3.63, 3.8) is 0 Å². The average Bonchev–Trinajstić information content (AvgIpc) is 2.97. The number of sulfone groups is 1. The lowest BCUT2D eigenvalue weighted by Crippen LogP contribution is -2.40. The lowest BCUT2D eigenvalue weighted by molar-refractivity contribution is -0.134. The van der Waals surface area contributed by atoms with Gasteiger partial charge >= 0.3 is 5.97 Å². The van der Waals surface area contributed by atoms with Gasteiger partial charge in [-0.15, -0.1) is 0 Å². The molecule has 0 aromatic carbocycles.